The molecule has 0 aliphatic heterocycles. The summed E-state index contributed by atoms with van der Waals surface area (Å²) in [6.45, 7) is 15.5. The van der Waals surface area contributed by atoms with Crippen LogP contribution in [0.1, 0.15) is 106 Å². The van der Waals surface area contributed by atoms with E-state index in [1.807, 2.05) is 0 Å². The molecule has 0 heterocycles. The average Bonchev–Trinajstić information content (AvgIpc) is 3.13. The minimum atomic E-state index is -1.43. The maximum atomic E-state index is 12.2. The minimum absolute atomic E-state index is 0.0555. The molecule has 0 aromatic rings. The Kier molecular flexibility index (Phi) is 7.50. The fourth-order valence-electron chi connectivity index (χ4n) is 9.59. The first-order chi connectivity index (χ1) is 16.3. The summed E-state index contributed by atoms with van der Waals surface area (Å²) in [5, 5.41) is 34.0. The molecule has 4 aliphatic carbocycles. The smallest absolute Gasteiger partial charge is 0.303 e. The zero-order chi connectivity index (χ0) is 25.9. The summed E-state index contributed by atoms with van der Waals surface area (Å²) in [5.41, 5.74) is -1.75. The van der Waals surface area contributed by atoms with Crippen LogP contribution < -0.4 is 0 Å². The molecule has 3 N–H and O–H groups in total. The van der Waals surface area contributed by atoms with Crippen LogP contribution in [0, 0.1) is 52.3 Å². The third-order valence-corrected chi connectivity index (χ3v) is 12.1. The summed E-state index contributed by atoms with van der Waals surface area (Å²) < 4.78 is 5.89. The fraction of sp³-hybridized carbons (Fsp3) is 0.967. The number of hydrogen-bond acceptors (Lipinski definition) is 5. The number of hydrogen-bond donors (Lipinski definition) is 3. The molecule has 35 heavy (non-hydrogen) atoms. The van der Waals surface area contributed by atoms with Crippen LogP contribution >= 0.6 is 0 Å². The van der Waals surface area contributed by atoms with Crippen LogP contribution in [-0.4, -0.2) is 45.2 Å². The maximum Gasteiger partial charge on any atom is 0.303 e. The van der Waals surface area contributed by atoms with Gasteiger partial charge in [0.25, 0.3) is 0 Å². The lowest BCUT2D eigenvalue weighted by molar-refractivity contribution is -0.300. The topological polar surface area (TPSA) is 87.0 Å². The van der Waals surface area contributed by atoms with Crippen molar-refractivity contribution in [2.75, 3.05) is 0 Å². The van der Waals surface area contributed by atoms with Crippen molar-refractivity contribution >= 4 is 5.97 Å². The van der Waals surface area contributed by atoms with Crippen LogP contribution in [0.3, 0.4) is 0 Å². The predicted octanol–water partition coefficient (Wildman–Crippen LogP) is 5.34. The van der Waals surface area contributed by atoms with Crippen LogP contribution in [0.5, 0.6) is 0 Å². The van der Waals surface area contributed by atoms with E-state index in [2.05, 4.69) is 41.5 Å². The molecule has 4 rings (SSSR count). The van der Waals surface area contributed by atoms with Crippen molar-refractivity contribution in [1.29, 1.82) is 0 Å². The van der Waals surface area contributed by atoms with E-state index in [4.69, 9.17) is 4.74 Å². The van der Waals surface area contributed by atoms with Gasteiger partial charge in [-0.3, -0.25) is 4.79 Å². The molecule has 0 aromatic heterocycles. The number of carbonyl (C=O) groups is 1. The molecule has 5 heteroatoms. The molecule has 3 unspecified atom stereocenters. The van der Waals surface area contributed by atoms with Gasteiger partial charge in [-0.1, -0.05) is 54.4 Å². The first kappa shape index (κ1) is 27.4. The quantitative estimate of drug-likeness (QED) is 0.436. The summed E-state index contributed by atoms with van der Waals surface area (Å²) >= 11 is 0. The molecule has 0 radical (unpaired) electrons. The van der Waals surface area contributed by atoms with Gasteiger partial charge in [-0.15, -0.1) is 0 Å². The monoisotopic (exact) mass is 492 g/mol. The van der Waals surface area contributed by atoms with Gasteiger partial charge in [0.2, 0.25) is 0 Å². The molecule has 0 aromatic carbocycles. The van der Waals surface area contributed by atoms with E-state index in [9.17, 15) is 20.1 Å². The van der Waals surface area contributed by atoms with Crippen molar-refractivity contribution in [3.05, 3.63) is 0 Å². The van der Waals surface area contributed by atoms with Gasteiger partial charge in [0, 0.05) is 24.7 Å². The van der Waals surface area contributed by atoms with Gasteiger partial charge in [-0.25, -0.2) is 0 Å². The minimum Gasteiger partial charge on any atom is -0.459 e. The Balaban J connectivity index is 1.64. The SMILES string of the molecule is CC(=O)O[C@@H]1C2C3CC[C@H]([C@H](C)CC[C@H](C)C(C)C)[C@@]3(C)CCC2[C@@]2(C)CC[C@H](O)C[C@]2(O)[C@@H]1O. The molecule has 12 atom stereocenters. The van der Waals surface area contributed by atoms with Crippen LogP contribution in [0.4, 0.5) is 0 Å². The number of aliphatic hydroxyl groups is 3. The van der Waals surface area contributed by atoms with Crippen LogP contribution in [-0.2, 0) is 9.53 Å². The zero-order valence-corrected chi connectivity index (χ0v) is 23.3. The van der Waals surface area contributed by atoms with Crippen molar-refractivity contribution in [1.82, 2.24) is 0 Å². The fourth-order valence-corrected chi connectivity index (χ4v) is 9.59. The van der Waals surface area contributed by atoms with Crippen LogP contribution in [0.15, 0.2) is 0 Å². The molecule has 202 valence electrons. The Labute approximate surface area is 213 Å². The average molecular weight is 493 g/mol. The molecule has 5 nitrogen and oxygen atoms in total. The standard InChI is InChI=1S/C30H52O5/c1-17(2)18(3)8-9-19(4)22-10-11-23-25-24(13-14-28(22,23)6)29(7)15-12-21(32)16-30(29,34)27(33)26(25)35-20(5)31/h17-19,21-27,32-34H,8-16H2,1-7H3/t18-,19+,21-,22+,23?,24?,25?,26+,27+,28+,29+,30-/m0/s1. The van der Waals surface area contributed by atoms with Gasteiger partial charge in [0.1, 0.15) is 17.8 Å². The van der Waals surface area contributed by atoms with Gasteiger partial charge in [-0.2, -0.15) is 0 Å². The molecular formula is C30H52O5. The maximum absolute atomic E-state index is 12.2. The van der Waals surface area contributed by atoms with E-state index < -0.39 is 35.3 Å². The van der Waals surface area contributed by atoms with E-state index in [1.54, 1.807) is 0 Å². The van der Waals surface area contributed by atoms with E-state index in [1.165, 1.54) is 26.2 Å². The van der Waals surface area contributed by atoms with Crippen molar-refractivity contribution in [3.63, 3.8) is 0 Å². The second kappa shape index (κ2) is 9.58. The Morgan fingerprint density at radius 3 is 2.29 bits per heavy atom. The Bertz CT molecular complexity index is 783. The molecule has 0 saturated heterocycles. The number of ether oxygens (including phenoxy) is 1. The Hall–Kier alpha value is -0.650. The molecule has 4 fully saturated rings. The Morgan fingerprint density at radius 1 is 0.971 bits per heavy atom. The largest absolute Gasteiger partial charge is 0.459 e. The predicted molar refractivity (Wildman–Crippen MR) is 137 cm³/mol. The van der Waals surface area contributed by atoms with Crippen molar-refractivity contribution < 1.29 is 24.9 Å². The molecular weight excluding hydrogens is 440 g/mol. The highest BCUT2D eigenvalue weighted by molar-refractivity contribution is 5.66. The third-order valence-electron chi connectivity index (χ3n) is 12.1. The summed E-state index contributed by atoms with van der Waals surface area (Å²) in [6.07, 6.45) is 5.95. The summed E-state index contributed by atoms with van der Waals surface area (Å²) in [7, 11) is 0. The van der Waals surface area contributed by atoms with E-state index in [0.717, 1.165) is 25.2 Å². The lowest BCUT2D eigenvalue weighted by Gasteiger charge is -2.66. The van der Waals surface area contributed by atoms with Gasteiger partial charge in [-0.05, 0) is 79.4 Å². The molecule has 0 bridgehead atoms. The second-order valence-electron chi connectivity index (χ2n) is 14.1. The first-order valence-electron chi connectivity index (χ1n) is 14.5. The number of rotatable bonds is 6. The Morgan fingerprint density at radius 2 is 1.66 bits per heavy atom. The first-order valence-corrected chi connectivity index (χ1v) is 14.5. The number of carbonyl (C=O) groups excluding carboxylic acids is 1. The number of fused-ring (bicyclic) bond motifs is 5. The van der Waals surface area contributed by atoms with Gasteiger partial charge >= 0.3 is 5.97 Å². The van der Waals surface area contributed by atoms with Crippen molar-refractivity contribution in [3.8, 4) is 0 Å². The lowest BCUT2D eigenvalue weighted by atomic mass is 9.41. The highest BCUT2D eigenvalue weighted by atomic mass is 16.6. The zero-order valence-electron chi connectivity index (χ0n) is 23.3. The van der Waals surface area contributed by atoms with Gasteiger partial charge in [0.15, 0.2) is 0 Å². The second-order valence-corrected chi connectivity index (χ2v) is 14.1. The molecule has 0 spiro atoms. The number of aliphatic hydroxyl groups excluding tert-OH is 2. The number of esters is 1. The van der Waals surface area contributed by atoms with E-state index in [0.29, 0.717) is 36.5 Å². The van der Waals surface area contributed by atoms with E-state index in [-0.39, 0.29) is 23.7 Å². The summed E-state index contributed by atoms with van der Waals surface area (Å²) in [4.78, 5) is 12.2. The molecule has 4 saturated carbocycles. The van der Waals surface area contributed by atoms with Crippen molar-refractivity contribution in [2.45, 2.75) is 130 Å². The lowest BCUT2D eigenvalue weighted by Crippen LogP contribution is -2.73. The molecule has 0 amide bonds. The third kappa shape index (κ3) is 4.30. The van der Waals surface area contributed by atoms with Crippen molar-refractivity contribution in [2.24, 2.45) is 52.3 Å². The normalized spacial score (nSPS) is 49.1. The summed E-state index contributed by atoms with van der Waals surface area (Å²) in [6, 6.07) is 0. The van der Waals surface area contributed by atoms with Crippen LogP contribution in [0.2, 0.25) is 0 Å². The van der Waals surface area contributed by atoms with Crippen LogP contribution in [0.25, 0.3) is 0 Å². The highest BCUT2D eigenvalue weighted by Gasteiger charge is 2.71. The van der Waals surface area contributed by atoms with Gasteiger partial charge < -0.3 is 20.1 Å². The molecule has 4 aliphatic rings. The summed E-state index contributed by atoms with van der Waals surface area (Å²) in [5.74, 6) is 2.97. The van der Waals surface area contributed by atoms with E-state index >= 15 is 0 Å². The van der Waals surface area contributed by atoms with Gasteiger partial charge in [0.05, 0.1) is 6.10 Å². The highest BCUT2D eigenvalue weighted by Crippen LogP contribution is 2.69.